The lowest BCUT2D eigenvalue weighted by Gasteiger charge is -2.24. The molecule has 0 aliphatic heterocycles. The zero-order chi connectivity index (χ0) is 13.8. The van der Waals surface area contributed by atoms with Gasteiger partial charge in [0.2, 0.25) is 0 Å². The lowest BCUT2D eigenvalue weighted by molar-refractivity contribution is 0.244. The first-order valence-electron chi connectivity index (χ1n) is 6.48. The Kier molecular flexibility index (Phi) is 4.61. The quantitative estimate of drug-likeness (QED) is 0.837. The Bertz CT molecular complexity index is 518. The van der Waals surface area contributed by atoms with Gasteiger partial charge in [-0.05, 0) is 44.2 Å². The van der Waals surface area contributed by atoms with Crippen molar-refractivity contribution in [3.8, 4) is 0 Å². The molecular weight excluding hydrogens is 258 g/mol. The third-order valence-corrected chi connectivity index (χ3v) is 3.63. The van der Waals surface area contributed by atoms with Crippen molar-refractivity contribution < 1.29 is 0 Å². The molecule has 0 aliphatic carbocycles. The highest BCUT2D eigenvalue weighted by Gasteiger charge is 2.11. The monoisotopic (exact) mass is 277 g/mol. The fraction of sp³-hybridized carbons (Fsp3) is 0.400. The van der Waals surface area contributed by atoms with Crippen molar-refractivity contribution >= 4 is 11.6 Å². The van der Waals surface area contributed by atoms with E-state index in [1.54, 1.807) is 0 Å². The molecule has 0 bridgehead atoms. The van der Waals surface area contributed by atoms with Crippen molar-refractivity contribution in [3.63, 3.8) is 0 Å². The Hall–Kier alpha value is -1.32. The Labute approximate surface area is 119 Å². The van der Waals surface area contributed by atoms with Crippen LogP contribution in [0.5, 0.6) is 0 Å². The number of benzene rings is 1. The average molecular weight is 278 g/mol. The molecule has 0 saturated carbocycles. The molecule has 0 radical (unpaired) electrons. The van der Waals surface area contributed by atoms with Crippen LogP contribution in [-0.4, -0.2) is 27.8 Å². The highest BCUT2D eigenvalue weighted by molar-refractivity contribution is 6.30. The van der Waals surface area contributed by atoms with Crippen LogP contribution >= 0.6 is 11.6 Å². The summed E-state index contributed by atoms with van der Waals surface area (Å²) in [5.74, 6) is 0. The van der Waals surface area contributed by atoms with E-state index in [1.165, 1.54) is 5.56 Å². The van der Waals surface area contributed by atoms with Crippen LogP contribution in [0.15, 0.2) is 36.5 Å². The van der Waals surface area contributed by atoms with Gasteiger partial charge in [-0.25, -0.2) is 0 Å². The van der Waals surface area contributed by atoms with Crippen LogP contribution in [0.2, 0.25) is 5.02 Å². The standard InChI is InChI=1S/C15H20ClN3/c1-12(10-13-4-6-14(16)7-5-13)18(2)11-15-8-9-19(3)17-15/h4-9,12H,10-11H2,1-3H3. The molecule has 19 heavy (non-hydrogen) atoms. The van der Waals surface area contributed by atoms with Gasteiger partial charge in [-0.1, -0.05) is 23.7 Å². The van der Waals surface area contributed by atoms with Crippen molar-refractivity contribution in [2.24, 2.45) is 7.05 Å². The first-order valence-corrected chi connectivity index (χ1v) is 6.85. The molecule has 102 valence electrons. The van der Waals surface area contributed by atoms with Gasteiger partial charge in [-0.2, -0.15) is 5.10 Å². The predicted molar refractivity (Wildman–Crippen MR) is 79.3 cm³/mol. The number of halogens is 1. The molecule has 0 fully saturated rings. The molecule has 2 rings (SSSR count). The van der Waals surface area contributed by atoms with Crippen molar-refractivity contribution in [1.82, 2.24) is 14.7 Å². The number of nitrogens with zero attached hydrogens (tertiary/aromatic N) is 3. The smallest absolute Gasteiger partial charge is 0.0764 e. The molecule has 1 aromatic heterocycles. The molecule has 3 nitrogen and oxygen atoms in total. The summed E-state index contributed by atoms with van der Waals surface area (Å²) >= 11 is 5.90. The third kappa shape index (κ3) is 4.08. The van der Waals surface area contributed by atoms with E-state index >= 15 is 0 Å². The average Bonchev–Trinajstić information content (AvgIpc) is 2.77. The van der Waals surface area contributed by atoms with Gasteiger partial charge in [-0.15, -0.1) is 0 Å². The summed E-state index contributed by atoms with van der Waals surface area (Å²) in [6.07, 6.45) is 2.99. The summed E-state index contributed by atoms with van der Waals surface area (Å²) in [5, 5.41) is 5.20. The van der Waals surface area contributed by atoms with Crippen LogP contribution < -0.4 is 0 Å². The zero-order valence-corrected chi connectivity index (χ0v) is 12.4. The summed E-state index contributed by atoms with van der Waals surface area (Å²) in [4.78, 5) is 2.32. The van der Waals surface area contributed by atoms with E-state index in [9.17, 15) is 0 Å². The van der Waals surface area contributed by atoms with E-state index < -0.39 is 0 Å². The van der Waals surface area contributed by atoms with Gasteiger partial charge >= 0.3 is 0 Å². The topological polar surface area (TPSA) is 21.1 Å². The van der Waals surface area contributed by atoms with Crippen LogP contribution in [0.3, 0.4) is 0 Å². The second kappa shape index (κ2) is 6.22. The molecule has 1 aromatic carbocycles. The summed E-state index contributed by atoms with van der Waals surface area (Å²) in [5.41, 5.74) is 2.41. The predicted octanol–water partition coefficient (Wildman–Crippen LogP) is 3.14. The number of hydrogen-bond donors (Lipinski definition) is 0. The second-order valence-corrected chi connectivity index (χ2v) is 5.51. The number of hydrogen-bond acceptors (Lipinski definition) is 2. The maximum atomic E-state index is 5.90. The summed E-state index contributed by atoms with van der Waals surface area (Å²) < 4.78 is 1.84. The molecule has 0 aliphatic rings. The van der Waals surface area contributed by atoms with E-state index in [0.717, 1.165) is 23.7 Å². The van der Waals surface area contributed by atoms with Gasteiger partial charge in [0, 0.05) is 30.9 Å². The number of likely N-dealkylation sites (N-methyl/N-ethyl adjacent to an activating group) is 1. The van der Waals surface area contributed by atoms with Crippen molar-refractivity contribution in [2.75, 3.05) is 7.05 Å². The van der Waals surface area contributed by atoms with E-state index in [1.807, 2.05) is 30.1 Å². The zero-order valence-electron chi connectivity index (χ0n) is 11.7. The number of aryl methyl sites for hydroxylation is 1. The van der Waals surface area contributed by atoms with Crippen LogP contribution in [0, 0.1) is 0 Å². The van der Waals surface area contributed by atoms with Gasteiger partial charge in [0.1, 0.15) is 0 Å². The van der Waals surface area contributed by atoms with Crippen molar-refractivity contribution in [1.29, 1.82) is 0 Å². The molecule has 0 N–H and O–H groups in total. The first-order chi connectivity index (χ1) is 9.04. The third-order valence-electron chi connectivity index (χ3n) is 3.38. The number of aromatic nitrogens is 2. The molecule has 4 heteroatoms. The molecule has 0 amide bonds. The molecular formula is C15H20ClN3. The highest BCUT2D eigenvalue weighted by atomic mass is 35.5. The largest absolute Gasteiger partial charge is 0.297 e. The van der Waals surface area contributed by atoms with Crippen LogP contribution in [0.25, 0.3) is 0 Å². The minimum atomic E-state index is 0.461. The van der Waals surface area contributed by atoms with Gasteiger partial charge in [0.05, 0.1) is 5.69 Å². The van der Waals surface area contributed by atoms with Crippen LogP contribution in [0.1, 0.15) is 18.2 Å². The molecule has 1 atom stereocenters. The Balaban J connectivity index is 1.91. The van der Waals surface area contributed by atoms with Gasteiger partial charge in [-0.3, -0.25) is 9.58 Å². The van der Waals surface area contributed by atoms with Gasteiger partial charge < -0.3 is 0 Å². The van der Waals surface area contributed by atoms with E-state index in [4.69, 9.17) is 11.6 Å². The van der Waals surface area contributed by atoms with Crippen molar-refractivity contribution in [2.45, 2.75) is 25.9 Å². The van der Waals surface area contributed by atoms with E-state index in [2.05, 4.69) is 42.2 Å². The maximum absolute atomic E-state index is 5.90. The minimum Gasteiger partial charge on any atom is -0.297 e. The Morgan fingerprint density at radius 3 is 2.53 bits per heavy atom. The van der Waals surface area contributed by atoms with E-state index in [0.29, 0.717) is 6.04 Å². The van der Waals surface area contributed by atoms with Crippen molar-refractivity contribution in [3.05, 3.63) is 52.8 Å². The molecule has 1 heterocycles. The normalized spacial score (nSPS) is 12.9. The molecule has 2 aromatic rings. The highest BCUT2D eigenvalue weighted by Crippen LogP contribution is 2.13. The molecule has 0 saturated heterocycles. The second-order valence-electron chi connectivity index (χ2n) is 5.08. The first kappa shape index (κ1) is 14.1. The van der Waals surface area contributed by atoms with Crippen LogP contribution in [-0.2, 0) is 20.0 Å². The Morgan fingerprint density at radius 1 is 1.26 bits per heavy atom. The number of rotatable bonds is 5. The summed E-state index contributed by atoms with van der Waals surface area (Å²) in [6.45, 7) is 3.10. The fourth-order valence-corrected chi connectivity index (χ4v) is 2.20. The van der Waals surface area contributed by atoms with Crippen LogP contribution in [0.4, 0.5) is 0 Å². The Morgan fingerprint density at radius 2 is 1.95 bits per heavy atom. The molecule has 1 unspecified atom stereocenters. The fourth-order valence-electron chi connectivity index (χ4n) is 2.08. The lowest BCUT2D eigenvalue weighted by Crippen LogP contribution is -2.30. The van der Waals surface area contributed by atoms with Gasteiger partial charge in [0.15, 0.2) is 0 Å². The van der Waals surface area contributed by atoms with E-state index in [-0.39, 0.29) is 0 Å². The summed E-state index contributed by atoms with van der Waals surface area (Å²) in [6, 6.07) is 10.6. The SMILES string of the molecule is CC(Cc1ccc(Cl)cc1)N(C)Cc1ccn(C)n1. The molecule has 0 spiro atoms. The lowest BCUT2D eigenvalue weighted by atomic mass is 10.1. The summed E-state index contributed by atoms with van der Waals surface area (Å²) in [7, 11) is 4.08. The maximum Gasteiger partial charge on any atom is 0.0764 e. The minimum absolute atomic E-state index is 0.461. The van der Waals surface area contributed by atoms with Gasteiger partial charge in [0.25, 0.3) is 0 Å².